The van der Waals surface area contributed by atoms with Gasteiger partial charge in [0.05, 0.1) is 11.4 Å². The third-order valence-electron chi connectivity index (χ3n) is 4.87. The molecule has 9 heteroatoms. The molecule has 2 heterocycles. The highest BCUT2D eigenvalue weighted by Crippen LogP contribution is 2.37. The number of halogens is 1. The van der Waals surface area contributed by atoms with E-state index in [1.54, 1.807) is 54.0 Å². The maximum atomic E-state index is 12.8. The van der Waals surface area contributed by atoms with E-state index in [9.17, 15) is 9.59 Å². The average molecular weight is 447 g/mol. The number of carbonyl (C=O) groups is 1. The minimum absolute atomic E-state index is 0.133. The van der Waals surface area contributed by atoms with Gasteiger partial charge < -0.3 is 10.1 Å². The van der Waals surface area contributed by atoms with Crippen molar-refractivity contribution in [3.63, 3.8) is 0 Å². The Morgan fingerprint density at radius 1 is 1.30 bits per heavy atom. The molecule has 1 amide bonds. The zero-order valence-electron chi connectivity index (χ0n) is 16.8. The van der Waals surface area contributed by atoms with E-state index in [0.717, 1.165) is 17.7 Å². The van der Waals surface area contributed by atoms with Gasteiger partial charge in [0.25, 0.3) is 5.91 Å². The second kappa shape index (κ2) is 8.28. The first-order valence-corrected chi connectivity index (χ1v) is 11.1. The topological polar surface area (TPSA) is 78.2 Å². The molecule has 7 nitrogen and oxygen atoms in total. The van der Waals surface area contributed by atoms with Gasteiger partial charge in [0.1, 0.15) is 5.75 Å². The fourth-order valence-corrected chi connectivity index (χ4v) is 3.96. The smallest absolute Gasteiger partial charge is 0.346 e. The number of ether oxygens (including phenoxy) is 1. The summed E-state index contributed by atoms with van der Waals surface area (Å²) in [4.78, 5) is 26.4. The summed E-state index contributed by atoms with van der Waals surface area (Å²) in [6, 6.07) is 11.0. The number of thiophene rings is 1. The minimum Gasteiger partial charge on any atom is -0.478 e. The SMILES string of the molecule is CC(C)(Oc1ccc(Cl)cc1)C(=O)NCCn1nc(-c2cccs2)n(C2CC2)c1=O. The first-order chi connectivity index (χ1) is 14.3. The number of carbonyl (C=O) groups excluding carboxylic acids is 1. The molecule has 0 unspecified atom stereocenters. The van der Waals surface area contributed by atoms with Crippen molar-refractivity contribution in [2.24, 2.45) is 0 Å². The number of benzene rings is 1. The summed E-state index contributed by atoms with van der Waals surface area (Å²) in [7, 11) is 0. The Morgan fingerprint density at radius 2 is 2.03 bits per heavy atom. The van der Waals surface area contributed by atoms with Crippen molar-refractivity contribution in [1.82, 2.24) is 19.7 Å². The summed E-state index contributed by atoms with van der Waals surface area (Å²) >= 11 is 7.45. The predicted molar refractivity (Wildman–Crippen MR) is 117 cm³/mol. The van der Waals surface area contributed by atoms with Crippen LogP contribution in [0, 0.1) is 0 Å². The van der Waals surface area contributed by atoms with Gasteiger partial charge in [-0.2, -0.15) is 0 Å². The molecule has 0 atom stereocenters. The van der Waals surface area contributed by atoms with Crippen LogP contribution in [0.1, 0.15) is 32.7 Å². The van der Waals surface area contributed by atoms with E-state index in [0.29, 0.717) is 23.1 Å². The lowest BCUT2D eigenvalue weighted by Gasteiger charge is -2.25. The second-order valence-electron chi connectivity index (χ2n) is 7.73. The van der Waals surface area contributed by atoms with Gasteiger partial charge in [-0.3, -0.25) is 9.36 Å². The second-order valence-corrected chi connectivity index (χ2v) is 9.11. The quantitative estimate of drug-likeness (QED) is 0.571. The average Bonchev–Trinajstić information content (AvgIpc) is 3.28. The van der Waals surface area contributed by atoms with E-state index in [-0.39, 0.29) is 24.2 Å². The highest BCUT2D eigenvalue weighted by molar-refractivity contribution is 7.13. The van der Waals surface area contributed by atoms with Crippen LogP contribution in [-0.2, 0) is 11.3 Å². The summed E-state index contributed by atoms with van der Waals surface area (Å²) in [5.41, 5.74) is -1.21. The highest BCUT2D eigenvalue weighted by atomic mass is 35.5. The molecule has 0 spiro atoms. The van der Waals surface area contributed by atoms with Crippen LogP contribution >= 0.6 is 22.9 Å². The fraction of sp³-hybridized carbons (Fsp3) is 0.381. The Labute approximate surface area is 183 Å². The van der Waals surface area contributed by atoms with E-state index < -0.39 is 5.60 Å². The zero-order chi connectivity index (χ0) is 21.3. The molecule has 0 radical (unpaired) electrons. The van der Waals surface area contributed by atoms with Crippen molar-refractivity contribution >= 4 is 28.8 Å². The summed E-state index contributed by atoms with van der Waals surface area (Å²) in [5.74, 6) is 0.986. The third kappa shape index (κ3) is 4.44. The van der Waals surface area contributed by atoms with Crippen molar-refractivity contribution in [3.8, 4) is 16.5 Å². The van der Waals surface area contributed by atoms with Crippen molar-refractivity contribution < 1.29 is 9.53 Å². The molecule has 0 bridgehead atoms. The summed E-state index contributed by atoms with van der Waals surface area (Å²) in [6.45, 7) is 3.96. The standard InChI is InChI=1S/C21H23ClN4O3S/c1-21(2,29-16-9-5-14(22)6-10-16)19(27)23-11-12-25-20(28)26(15-7-8-15)18(24-25)17-4-3-13-30-17/h3-6,9-10,13,15H,7-8,11-12H2,1-2H3,(H,23,27). The molecule has 4 rings (SSSR count). The highest BCUT2D eigenvalue weighted by Gasteiger charge is 2.32. The van der Waals surface area contributed by atoms with Gasteiger partial charge in [-0.25, -0.2) is 9.48 Å². The molecular formula is C21H23ClN4O3S. The molecule has 0 saturated heterocycles. The van der Waals surface area contributed by atoms with Gasteiger partial charge in [-0.15, -0.1) is 16.4 Å². The van der Waals surface area contributed by atoms with Gasteiger partial charge in [0.15, 0.2) is 11.4 Å². The van der Waals surface area contributed by atoms with Crippen LogP contribution in [0.2, 0.25) is 5.02 Å². The van der Waals surface area contributed by atoms with Crippen molar-refractivity contribution in [2.45, 2.75) is 44.9 Å². The Morgan fingerprint density at radius 3 is 2.67 bits per heavy atom. The third-order valence-corrected chi connectivity index (χ3v) is 5.98. The number of aromatic nitrogens is 3. The Bertz CT molecular complexity index is 1080. The fourth-order valence-electron chi connectivity index (χ4n) is 3.13. The molecule has 30 heavy (non-hydrogen) atoms. The summed E-state index contributed by atoms with van der Waals surface area (Å²) in [6.07, 6.45) is 1.99. The molecular weight excluding hydrogens is 424 g/mol. The van der Waals surface area contributed by atoms with Crippen LogP contribution < -0.4 is 15.7 Å². The summed E-state index contributed by atoms with van der Waals surface area (Å²) in [5, 5.41) is 9.94. The Kier molecular flexibility index (Phi) is 5.71. The van der Waals surface area contributed by atoms with E-state index in [4.69, 9.17) is 16.3 Å². The molecule has 1 saturated carbocycles. The van der Waals surface area contributed by atoms with Crippen molar-refractivity contribution in [1.29, 1.82) is 0 Å². The number of hydrogen-bond acceptors (Lipinski definition) is 5. The van der Waals surface area contributed by atoms with Gasteiger partial charge in [0, 0.05) is 17.6 Å². The molecule has 1 aliphatic carbocycles. The van der Waals surface area contributed by atoms with Gasteiger partial charge in [-0.1, -0.05) is 17.7 Å². The lowest BCUT2D eigenvalue weighted by Crippen LogP contribution is -2.47. The van der Waals surface area contributed by atoms with Crippen LogP contribution in [0.4, 0.5) is 0 Å². The Balaban J connectivity index is 1.40. The van der Waals surface area contributed by atoms with Gasteiger partial charge in [-0.05, 0) is 62.4 Å². The molecule has 0 aliphatic heterocycles. The lowest BCUT2D eigenvalue weighted by atomic mass is 10.1. The largest absolute Gasteiger partial charge is 0.478 e. The summed E-state index contributed by atoms with van der Waals surface area (Å²) < 4.78 is 9.01. The molecule has 1 aromatic carbocycles. The molecule has 3 aromatic rings. The van der Waals surface area contributed by atoms with E-state index in [1.165, 1.54) is 4.68 Å². The number of nitrogens with zero attached hydrogens (tertiary/aromatic N) is 3. The van der Waals surface area contributed by atoms with E-state index >= 15 is 0 Å². The zero-order valence-corrected chi connectivity index (χ0v) is 18.4. The molecule has 158 valence electrons. The van der Waals surface area contributed by atoms with Crippen molar-refractivity contribution in [2.75, 3.05) is 6.54 Å². The number of rotatable bonds is 8. The number of hydrogen-bond donors (Lipinski definition) is 1. The van der Waals surface area contributed by atoms with Crippen LogP contribution in [0.5, 0.6) is 5.75 Å². The lowest BCUT2D eigenvalue weighted by molar-refractivity contribution is -0.134. The van der Waals surface area contributed by atoms with Crippen LogP contribution in [0.25, 0.3) is 10.7 Å². The molecule has 1 N–H and O–H groups in total. The first kappa shape index (κ1) is 20.7. The number of nitrogens with one attached hydrogen (secondary N) is 1. The van der Waals surface area contributed by atoms with Crippen LogP contribution in [0.3, 0.4) is 0 Å². The molecule has 1 aliphatic rings. The van der Waals surface area contributed by atoms with Crippen molar-refractivity contribution in [3.05, 3.63) is 57.3 Å². The van der Waals surface area contributed by atoms with Gasteiger partial charge >= 0.3 is 5.69 Å². The maximum Gasteiger partial charge on any atom is 0.346 e. The van der Waals surface area contributed by atoms with Gasteiger partial charge in [0.2, 0.25) is 0 Å². The molecule has 1 fully saturated rings. The monoisotopic (exact) mass is 446 g/mol. The minimum atomic E-state index is -1.08. The normalized spacial score (nSPS) is 14.0. The van der Waals surface area contributed by atoms with E-state index in [2.05, 4.69) is 10.4 Å². The first-order valence-electron chi connectivity index (χ1n) is 9.81. The van der Waals surface area contributed by atoms with Crippen LogP contribution in [-0.4, -0.2) is 32.4 Å². The Hall–Kier alpha value is -2.58. The predicted octanol–water partition coefficient (Wildman–Crippen LogP) is 3.74. The molecule has 2 aromatic heterocycles. The van der Waals surface area contributed by atoms with Crippen LogP contribution in [0.15, 0.2) is 46.6 Å². The van der Waals surface area contributed by atoms with E-state index in [1.807, 2.05) is 17.5 Å². The maximum absolute atomic E-state index is 12.8. The number of amides is 1.